The molecule has 4 N–H and O–H groups in total. The summed E-state index contributed by atoms with van der Waals surface area (Å²) in [6, 6.07) is 19.6. The maximum atomic E-state index is 13.0. The normalized spacial score (nSPS) is 13.7. The summed E-state index contributed by atoms with van der Waals surface area (Å²) in [5.74, 6) is -0.381. The Bertz CT molecular complexity index is 845. The van der Waals surface area contributed by atoms with Gasteiger partial charge in [-0.2, -0.15) is 0 Å². The van der Waals surface area contributed by atoms with E-state index in [4.69, 9.17) is 11.5 Å². The first-order valence-electron chi connectivity index (χ1n) is 10.1. The lowest BCUT2D eigenvalue weighted by atomic mass is 10.0. The lowest BCUT2D eigenvalue weighted by Gasteiger charge is -2.31. The number of carbonyl (C=O) groups is 2. The average molecular weight is 405 g/mol. The van der Waals surface area contributed by atoms with E-state index in [1.54, 1.807) is 0 Å². The first kappa shape index (κ1) is 21.5. The van der Waals surface area contributed by atoms with E-state index in [1.807, 2.05) is 70.5 Å². The van der Waals surface area contributed by atoms with E-state index in [2.05, 4.69) is 0 Å². The van der Waals surface area contributed by atoms with Gasteiger partial charge in [-0.05, 0) is 11.1 Å². The predicted octanol–water partition coefficient (Wildman–Crippen LogP) is 1.83. The summed E-state index contributed by atoms with van der Waals surface area (Å²) in [4.78, 5) is 29.7. The Morgan fingerprint density at radius 3 is 1.30 bits per heavy atom. The molecule has 0 unspecified atom stereocenters. The van der Waals surface area contributed by atoms with Crippen molar-refractivity contribution in [3.05, 3.63) is 95.3 Å². The fraction of sp³-hybridized carbons (Fsp3) is 0.250. The van der Waals surface area contributed by atoms with Crippen LogP contribution in [0.2, 0.25) is 0 Å². The smallest absolute Gasteiger partial charge is 0.204 e. The van der Waals surface area contributed by atoms with Crippen LogP contribution in [0.4, 0.5) is 0 Å². The van der Waals surface area contributed by atoms with E-state index in [9.17, 15) is 9.59 Å². The summed E-state index contributed by atoms with van der Waals surface area (Å²) in [5.41, 5.74) is 14.4. The standard InChI is InChI=1S/C24H28N4O2/c25-11-13-27(17-19-7-3-1-4-8-19)21-15-24(30)22(16-23(21)29)28(14-12-26)18-20-9-5-2-6-10-20/h1-10,15-16H,11-14,17-18,25-26H2. The highest BCUT2D eigenvalue weighted by Crippen LogP contribution is 2.21. The lowest BCUT2D eigenvalue weighted by Crippen LogP contribution is -2.37. The molecule has 3 rings (SSSR count). The molecule has 156 valence electrons. The molecule has 0 spiro atoms. The molecular weight excluding hydrogens is 376 g/mol. The van der Waals surface area contributed by atoms with Gasteiger partial charge in [0, 0.05) is 51.4 Å². The van der Waals surface area contributed by atoms with Gasteiger partial charge in [-0.15, -0.1) is 0 Å². The van der Waals surface area contributed by atoms with Crippen molar-refractivity contribution in [3.63, 3.8) is 0 Å². The molecule has 0 aliphatic heterocycles. The van der Waals surface area contributed by atoms with Crippen LogP contribution in [-0.4, -0.2) is 47.5 Å². The maximum absolute atomic E-state index is 13.0. The Kier molecular flexibility index (Phi) is 7.54. The van der Waals surface area contributed by atoms with Crippen LogP contribution in [-0.2, 0) is 22.7 Å². The van der Waals surface area contributed by atoms with Gasteiger partial charge >= 0.3 is 0 Å². The molecule has 2 aromatic rings. The summed E-state index contributed by atoms with van der Waals surface area (Å²) >= 11 is 0. The van der Waals surface area contributed by atoms with Crippen molar-refractivity contribution in [3.8, 4) is 0 Å². The van der Waals surface area contributed by atoms with Gasteiger partial charge in [-0.25, -0.2) is 0 Å². The monoisotopic (exact) mass is 404 g/mol. The topological polar surface area (TPSA) is 92.7 Å². The molecule has 30 heavy (non-hydrogen) atoms. The van der Waals surface area contributed by atoms with Crippen LogP contribution >= 0.6 is 0 Å². The summed E-state index contributed by atoms with van der Waals surface area (Å²) in [5, 5.41) is 0. The molecule has 0 aromatic heterocycles. The lowest BCUT2D eigenvalue weighted by molar-refractivity contribution is -0.117. The van der Waals surface area contributed by atoms with Gasteiger partial charge in [0.25, 0.3) is 0 Å². The molecule has 0 amide bonds. The quantitative estimate of drug-likeness (QED) is 0.587. The van der Waals surface area contributed by atoms with E-state index in [0.29, 0.717) is 50.7 Å². The van der Waals surface area contributed by atoms with Crippen molar-refractivity contribution in [2.24, 2.45) is 11.5 Å². The number of carbonyl (C=O) groups excluding carboxylic acids is 2. The third kappa shape index (κ3) is 5.43. The van der Waals surface area contributed by atoms with Crippen LogP contribution < -0.4 is 11.5 Å². The summed E-state index contributed by atoms with van der Waals surface area (Å²) in [6.45, 7) is 2.77. The van der Waals surface area contributed by atoms with E-state index in [-0.39, 0.29) is 11.6 Å². The van der Waals surface area contributed by atoms with Crippen molar-refractivity contribution >= 4 is 11.6 Å². The zero-order chi connectivity index (χ0) is 21.3. The number of nitrogens with two attached hydrogens (primary N) is 2. The molecule has 0 saturated carbocycles. The van der Waals surface area contributed by atoms with Crippen LogP contribution in [0, 0.1) is 0 Å². The molecule has 0 radical (unpaired) electrons. The van der Waals surface area contributed by atoms with E-state index in [0.717, 1.165) is 11.1 Å². The van der Waals surface area contributed by atoms with Crippen molar-refractivity contribution in [2.45, 2.75) is 13.1 Å². The van der Waals surface area contributed by atoms with E-state index >= 15 is 0 Å². The zero-order valence-corrected chi connectivity index (χ0v) is 17.0. The van der Waals surface area contributed by atoms with Gasteiger partial charge < -0.3 is 21.3 Å². The first-order valence-corrected chi connectivity index (χ1v) is 10.1. The molecule has 0 heterocycles. The summed E-state index contributed by atoms with van der Waals surface area (Å²) in [6.07, 6.45) is 2.87. The minimum atomic E-state index is -0.191. The highest BCUT2D eigenvalue weighted by molar-refractivity contribution is 6.19. The molecule has 1 aliphatic rings. The van der Waals surface area contributed by atoms with Gasteiger partial charge in [0.05, 0.1) is 11.4 Å². The number of benzene rings is 2. The highest BCUT2D eigenvalue weighted by atomic mass is 16.1. The molecule has 2 aromatic carbocycles. The first-order chi connectivity index (χ1) is 14.6. The van der Waals surface area contributed by atoms with Crippen molar-refractivity contribution in [1.82, 2.24) is 9.80 Å². The Balaban J connectivity index is 1.81. The minimum Gasteiger partial charge on any atom is -0.363 e. The van der Waals surface area contributed by atoms with Gasteiger partial charge in [-0.3, -0.25) is 9.59 Å². The second kappa shape index (κ2) is 10.5. The molecular formula is C24H28N4O2. The molecule has 0 saturated heterocycles. The number of ketones is 2. The largest absolute Gasteiger partial charge is 0.363 e. The number of hydrogen-bond donors (Lipinski definition) is 2. The zero-order valence-electron chi connectivity index (χ0n) is 17.0. The molecule has 0 bridgehead atoms. The molecule has 6 nitrogen and oxygen atoms in total. The molecule has 0 atom stereocenters. The highest BCUT2D eigenvalue weighted by Gasteiger charge is 2.27. The van der Waals surface area contributed by atoms with Gasteiger partial charge in [0.1, 0.15) is 0 Å². The third-order valence-electron chi connectivity index (χ3n) is 4.95. The van der Waals surface area contributed by atoms with Crippen molar-refractivity contribution in [2.75, 3.05) is 26.2 Å². The van der Waals surface area contributed by atoms with Gasteiger partial charge in [-0.1, -0.05) is 60.7 Å². The fourth-order valence-electron chi connectivity index (χ4n) is 3.52. The third-order valence-corrected chi connectivity index (χ3v) is 4.95. The second-order valence-corrected chi connectivity index (χ2v) is 7.18. The fourth-order valence-corrected chi connectivity index (χ4v) is 3.52. The van der Waals surface area contributed by atoms with Crippen LogP contribution in [0.3, 0.4) is 0 Å². The van der Waals surface area contributed by atoms with Gasteiger partial charge in [0.15, 0.2) is 0 Å². The Hall–Kier alpha value is -3.22. The number of hydrogen-bond acceptors (Lipinski definition) is 6. The van der Waals surface area contributed by atoms with Crippen LogP contribution in [0.5, 0.6) is 0 Å². The van der Waals surface area contributed by atoms with Crippen LogP contribution in [0.25, 0.3) is 0 Å². The Labute approximate surface area is 177 Å². The molecule has 1 aliphatic carbocycles. The Morgan fingerprint density at radius 2 is 0.967 bits per heavy atom. The minimum absolute atomic E-state index is 0.191. The maximum Gasteiger partial charge on any atom is 0.204 e. The average Bonchev–Trinajstić information content (AvgIpc) is 2.76. The van der Waals surface area contributed by atoms with Gasteiger partial charge in [0.2, 0.25) is 11.6 Å². The molecule has 6 heteroatoms. The van der Waals surface area contributed by atoms with E-state index in [1.165, 1.54) is 12.2 Å². The summed E-state index contributed by atoms with van der Waals surface area (Å²) < 4.78 is 0. The van der Waals surface area contributed by atoms with Crippen LogP contribution in [0.15, 0.2) is 84.2 Å². The molecule has 0 fully saturated rings. The predicted molar refractivity (Wildman–Crippen MR) is 118 cm³/mol. The van der Waals surface area contributed by atoms with E-state index < -0.39 is 0 Å². The second-order valence-electron chi connectivity index (χ2n) is 7.18. The number of rotatable bonds is 10. The number of nitrogens with zero attached hydrogens (tertiary/aromatic N) is 2. The SMILES string of the molecule is NCCN(Cc1ccccc1)C1=CC(=O)C(N(CCN)Cc2ccccc2)=CC1=O. The van der Waals surface area contributed by atoms with Crippen molar-refractivity contribution < 1.29 is 9.59 Å². The Morgan fingerprint density at radius 1 is 0.600 bits per heavy atom. The van der Waals surface area contributed by atoms with Crippen LogP contribution in [0.1, 0.15) is 11.1 Å². The summed E-state index contributed by atoms with van der Waals surface area (Å²) in [7, 11) is 0. The van der Waals surface area contributed by atoms with Crippen molar-refractivity contribution in [1.29, 1.82) is 0 Å². The number of allylic oxidation sites excluding steroid dienone is 2.